The highest BCUT2D eigenvalue weighted by Crippen LogP contribution is 2.61. The van der Waals surface area contributed by atoms with Crippen molar-refractivity contribution in [2.24, 2.45) is 23.2 Å². The zero-order valence-corrected chi connectivity index (χ0v) is 19.0. The van der Waals surface area contributed by atoms with Crippen LogP contribution in [0.25, 0.3) is 11.5 Å². The molecule has 7 rings (SSSR count). The first-order valence-electron chi connectivity index (χ1n) is 12.4. The Kier molecular flexibility index (Phi) is 5.12. The number of furan rings is 1. The Balaban J connectivity index is 1.00. The minimum absolute atomic E-state index is 0.187. The summed E-state index contributed by atoms with van der Waals surface area (Å²) in [6, 6.07) is 2.11. The van der Waals surface area contributed by atoms with Gasteiger partial charge < -0.3 is 14.2 Å². The van der Waals surface area contributed by atoms with Crippen molar-refractivity contribution in [2.45, 2.75) is 70.3 Å². The van der Waals surface area contributed by atoms with Crippen molar-refractivity contribution in [1.82, 2.24) is 20.4 Å². The van der Waals surface area contributed by atoms with Crippen molar-refractivity contribution < 1.29 is 13.6 Å². The van der Waals surface area contributed by atoms with Gasteiger partial charge in [0, 0.05) is 12.0 Å². The van der Waals surface area contributed by atoms with Crippen LogP contribution >= 0.6 is 0 Å². The van der Waals surface area contributed by atoms with E-state index in [2.05, 4.69) is 27.3 Å². The Morgan fingerprint density at radius 1 is 1.16 bits per heavy atom. The lowest BCUT2D eigenvalue weighted by Crippen LogP contribution is -2.56. The monoisotopic (exact) mass is 438 g/mol. The maximum Gasteiger partial charge on any atom is 0.250 e. The van der Waals surface area contributed by atoms with Crippen LogP contribution in [0, 0.1) is 23.2 Å². The van der Waals surface area contributed by atoms with E-state index in [1.807, 2.05) is 6.07 Å². The molecule has 172 valence electrons. The molecule has 4 saturated carbocycles. The van der Waals surface area contributed by atoms with Crippen LogP contribution in [0.4, 0.5) is 0 Å². The number of hydrogen-bond acceptors (Lipinski definition) is 6. The zero-order valence-electron chi connectivity index (χ0n) is 19.0. The van der Waals surface area contributed by atoms with Crippen LogP contribution < -0.4 is 5.32 Å². The number of carbonyl (C=O) groups excluding carboxylic acids is 1. The predicted octanol–water partition coefficient (Wildman–Crippen LogP) is 4.23. The van der Waals surface area contributed by atoms with E-state index in [-0.39, 0.29) is 11.8 Å². The molecule has 1 amide bonds. The lowest BCUT2D eigenvalue weighted by molar-refractivity contribution is -0.127. The number of carbonyl (C=O) groups is 1. The standard InChI is InChI=1S/C25H34N4O3/c1-16(25-11-17-8-18(12-25)10-19(9-17)13-25)26-22(30)14-29-5-2-20(3-6-29)23-27-28-24(32-23)21-4-7-31-15-21/h4,7,15-20H,2-3,5-6,8-14H2,1H3,(H,26,30). The number of rotatable bonds is 6. The van der Waals surface area contributed by atoms with Crippen molar-refractivity contribution in [3.05, 3.63) is 24.5 Å². The summed E-state index contributed by atoms with van der Waals surface area (Å²) in [5.41, 5.74) is 1.17. The summed E-state index contributed by atoms with van der Waals surface area (Å²) >= 11 is 0. The summed E-state index contributed by atoms with van der Waals surface area (Å²) in [7, 11) is 0. The molecular weight excluding hydrogens is 404 g/mol. The van der Waals surface area contributed by atoms with Gasteiger partial charge in [-0.15, -0.1) is 10.2 Å². The fourth-order valence-corrected chi connectivity index (χ4v) is 7.59. The molecule has 5 fully saturated rings. The van der Waals surface area contributed by atoms with Crippen LogP contribution in [0.2, 0.25) is 0 Å². The molecule has 1 unspecified atom stereocenters. The minimum atomic E-state index is 0.187. The van der Waals surface area contributed by atoms with Gasteiger partial charge in [0.25, 0.3) is 5.89 Å². The molecule has 4 aliphatic carbocycles. The Labute approximate surface area is 189 Å². The summed E-state index contributed by atoms with van der Waals surface area (Å²) in [6.45, 7) is 4.53. The topological polar surface area (TPSA) is 84.4 Å². The fourth-order valence-electron chi connectivity index (χ4n) is 7.59. The number of nitrogens with zero attached hydrogens (tertiary/aromatic N) is 3. The third-order valence-electron chi connectivity index (χ3n) is 8.89. The highest BCUT2D eigenvalue weighted by atomic mass is 16.4. The van der Waals surface area contributed by atoms with E-state index in [0.717, 1.165) is 49.2 Å². The molecular formula is C25H34N4O3. The second-order valence-corrected chi connectivity index (χ2v) is 11.1. The summed E-state index contributed by atoms with van der Waals surface area (Å²) in [6.07, 6.45) is 13.4. The zero-order chi connectivity index (χ0) is 21.7. The van der Waals surface area contributed by atoms with E-state index in [9.17, 15) is 4.79 Å². The van der Waals surface area contributed by atoms with E-state index < -0.39 is 0 Å². The predicted molar refractivity (Wildman–Crippen MR) is 119 cm³/mol. The number of amides is 1. The Hall–Kier alpha value is -2.15. The van der Waals surface area contributed by atoms with E-state index in [1.54, 1.807) is 12.5 Å². The van der Waals surface area contributed by atoms with Crippen molar-refractivity contribution in [3.63, 3.8) is 0 Å². The molecule has 3 heterocycles. The SMILES string of the molecule is CC(NC(=O)CN1CCC(c2nnc(-c3ccoc3)o2)CC1)C12CC3CC(CC(C3)C1)C2. The molecule has 0 radical (unpaired) electrons. The molecule has 1 saturated heterocycles. The van der Waals surface area contributed by atoms with E-state index >= 15 is 0 Å². The number of aromatic nitrogens is 2. The Bertz CT molecular complexity index is 909. The third-order valence-corrected chi connectivity index (χ3v) is 8.89. The molecule has 0 spiro atoms. The first kappa shape index (κ1) is 20.5. The summed E-state index contributed by atoms with van der Waals surface area (Å²) < 4.78 is 11.0. The second kappa shape index (κ2) is 8.01. The molecule has 1 atom stereocenters. The molecule has 2 aromatic heterocycles. The number of nitrogens with one attached hydrogen (secondary N) is 1. The van der Waals surface area contributed by atoms with Crippen LogP contribution in [0.1, 0.15) is 70.1 Å². The Morgan fingerprint density at radius 3 is 2.47 bits per heavy atom. The van der Waals surface area contributed by atoms with E-state index in [1.165, 1.54) is 38.5 Å². The van der Waals surface area contributed by atoms with Gasteiger partial charge in [-0.3, -0.25) is 9.69 Å². The lowest BCUT2D eigenvalue weighted by Gasteiger charge is -2.59. The van der Waals surface area contributed by atoms with Crippen LogP contribution in [0.15, 0.2) is 27.4 Å². The van der Waals surface area contributed by atoms with Gasteiger partial charge in [0.2, 0.25) is 11.8 Å². The van der Waals surface area contributed by atoms with E-state index in [0.29, 0.717) is 29.8 Å². The molecule has 0 aromatic carbocycles. The average Bonchev–Trinajstić information content (AvgIpc) is 3.45. The first-order valence-corrected chi connectivity index (χ1v) is 12.4. The van der Waals surface area contributed by atoms with Crippen LogP contribution in [-0.2, 0) is 4.79 Å². The van der Waals surface area contributed by atoms with Crippen molar-refractivity contribution in [3.8, 4) is 11.5 Å². The highest BCUT2D eigenvalue weighted by molar-refractivity contribution is 5.78. The lowest BCUT2D eigenvalue weighted by atomic mass is 9.48. The molecule has 1 N–H and O–H groups in total. The van der Waals surface area contributed by atoms with Crippen LogP contribution in [0.5, 0.6) is 0 Å². The molecule has 2 aromatic rings. The van der Waals surface area contributed by atoms with Gasteiger partial charge in [-0.05, 0) is 101 Å². The highest BCUT2D eigenvalue weighted by Gasteiger charge is 2.53. The van der Waals surface area contributed by atoms with Crippen LogP contribution in [0.3, 0.4) is 0 Å². The van der Waals surface area contributed by atoms with Crippen molar-refractivity contribution in [2.75, 3.05) is 19.6 Å². The molecule has 5 aliphatic rings. The molecule has 7 heteroatoms. The molecule has 7 nitrogen and oxygen atoms in total. The third kappa shape index (κ3) is 3.78. The number of hydrogen-bond donors (Lipinski definition) is 1. The normalized spacial score (nSPS) is 33.5. The largest absolute Gasteiger partial charge is 0.472 e. The average molecular weight is 439 g/mol. The maximum absolute atomic E-state index is 12.9. The first-order chi connectivity index (χ1) is 15.6. The Morgan fingerprint density at radius 2 is 1.84 bits per heavy atom. The summed E-state index contributed by atoms with van der Waals surface area (Å²) in [4.78, 5) is 15.2. The van der Waals surface area contributed by atoms with Crippen molar-refractivity contribution >= 4 is 5.91 Å². The van der Waals surface area contributed by atoms with Crippen LogP contribution in [-0.4, -0.2) is 46.7 Å². The van der Waals surface area contributed by atoms with E-state index in [4.69, 9.17) is 8.83 Å². The van der Waals surface area contributed by atoms with Gasteiger partial charge in [0.15, 0.2) is 0 Å². The molecule has 4 bridgehead atoms. The van der Waals surface area contributed by atoms with Gasteiger partial charge in [0.1, 0.15) is 6.26 Å². The van der Waals surface area contributed by atoms with Gasteiger partial charge >= 0.3 is 0 Å². The van der Waals surface area contributed by atoms with Gasteiger partial charge in [-0.1, -0.05) is 0 Å². The smallest absolute Gasteiger partial charge is 0.250 e. The quantitative estimate of drug-likeness (QED) is 0.727. The second-order valence-electron chi connectivity index (χ2n) is 11.1. The summed E-state index contributed by atoms with van der Waals surface area (Å²) in [5, 5.41) is 11.8. The number of piperidine rings is 1. The number of likely N-dealkylation sites (tertiary alicyclic amines) is 1. The molecule has 32 heavy (non-hydrogen) atoms. The minimum Gasteiger partial charge on any atom is -0.472 e. The van der Waals surface area contributed by atoms with Gasteiger partial charge in [0.05, 0.1) is 18.4 Å². The maximum atomic E-state index is 12.9. The fraction of sp³-hybridized carbons (Fsp3) is 0.720. The van der Waals surface area contributed by atoms with Crippen molar-refractivity contribution in [1.29, 1.82) is 0 Å². The summed E-state index contributed by atoms with van der Waals surface area (Å²) in [5.74, 6) is 4.39. The van der Waals surface area contributed by atoms with Gasteiger partial charge in [-0.25, -0.2) is 0 Å². The molecule has 1 aliphatic heterocycles. The van der Waals surface area contributed by atoms with Gasteiger partial charge in [-0.2, -0.15) is 0 Å².